The van der Waals surface area contributed by atoms with Gasteiger partial charge in [0, 0.05) is 19.0 Å². The molecule has 2 aliphatic rings. The zero-order valence-corrected chi connectivity index (χ0v) is 14.0. The van der Waals surface area contributed by atoms with E-state index in [1.165, 1.54) is 0 Å². The van der Waals surface area contributed by atoms with Gasteiger partial charge in [-0.3, -0.25) is 4.79 Å². The highest BCUT2D eigenvalue weighted by molar-refractivity contribution is 7.89. The van der Waals surface area contributed by atoms with Gasteiger partial charge >= 0.3 is 0 Å². The van der Waals surface area contributed by atoms with Crippen molar-refractivity contribution in [1.82, 2.24) is 10.0 Å². The van der Waals surface area contributed by atoms with Crippen molar-refractivity contribution in [2.75, 3.05) is 13.1 Å². The Morgan fingerprint density at radius 2 is 1.87 bits per heavy atom. The summed E-state index contributed by atoms with van der Waals surface area (Å²) in [5.41, 5.74) is 1.01. The second-order valence-electron chi connectivity index (χ2n) is 6.39. The zero-order chi connectivity index (χ0) is 16.4. The Hall–Kier alpha value is -1.66. The quantitative estimate of drug-likeness (QED) is 0.613. The first kappa shape index (κ1) is 16.2. The van der Waals surface area contributed by atoms with E-state index in [9.17, 15) is 13.2 Å². The molecule has 1 fully saturated rings. The minimum absolute atomic E-state index is 0.0383. The molecule has 2 bridgehead atoms. The number of amides is 1. The fraction of sp³-hybridized carbons (Fsp3) is 0.471. The van der Waals surface area contributed by atoms with Gasteiger partial charge in [-0.05, 0) is 43.7 Å². The van der Waals surface area contributed by atoms with E-state index in [-0.39, 0.29) is 23.3 Å². The first-order chi connectivity index (χ1) is 11.0. The van der Waals surface area contributed by atoms with Gasteiger partial charge in [0.05, 0.1) is 4.90 Å². The summed E-state index contributed by atoms with van der Waals surface area (Å²) in [6, 6.07) is 6.69. The summed E-state index contributed by atoms with van der Waals surface area (Å²) in [5, 5.41) is 2.84. The summed E-state index contributed by atoms with van der Waals surface area (Å²) in [7, 11) is -3.51. The van der Waals surface area contributed by atoms with Gasteiger partial charge in [-0.15, -0.1) is 0 Å². The molecule has 0 aliphatic heterocycles. The standard InChI is InChI=1S/C17H22N2O3S/c1-12-2-6-15(7-3-12)23(21,22)19-9-8-18-17(20)16-11-13-4-5-14(16)10-13/h2-7,13-14,16,19H,8-11H2,1H3,(H,18,20). The number of benzene rings is 1. The van der Waals surface area contributed by atoms with Crippen molar-refractivity contribution < 1.29 is 13.2 Å². The Kier molecular flexibility index (Phi) is 4.55. The first-order valence-electron chi connectivity index (χ1n) is 7.98. The molecule has 23 heavy (non-hydrogen) atoms. The minimum atomic E-state index is -3.51. The van der Waals surface area contributed by atoms with E-state index in [2.05, 4.69) is 22.2 Å². The summed E-state index contributed by atoms with van der Waals surface area (Å²) in [6.45, 7) is 2.41. The third kappa shape index (κ3) is 3.64. The molecule has 0 spiro atoms. The Balaban J connectivity index is 1.45. The smallest absolute Gasteiger partial charge is 0.240 e. The number of rotatable bonds is 6. The van der Waals surface area contributed by atoms with Crippen LogP contribution in [0.2, 0.25) is 0 Å². The van der Waals surface area contributed by atoms with E-state index in [1.807, 2.05) is 6.92 Å². The Bertz CT molecular complexity index is 710. The number of allylic oxidation sites excluding steroid dienone is 2. The summed E-state index contributed by atoms with van der Waals surface area (Å²) < 4.78 is 26.7. The molecular formula is C17H22N2O3S. The maximum atomic E-state index is 12.1. The molecule has 3 unspecified atom stereocenters. The molecule has 1 aromatic rings. The van der Waals surface area contributed by atoms with Gasteiger partial charge in [0.25, 0.3) is 0 Å². The van der Waals surface area contributed by atoms with Gasteiger partial charge in [0.2, 0.25) is 15.9 Å². The number of hydrogen-bond acceptors (Lipinski definition) is 3. The van der Waals surface area contributed by atoms with Crippen LogP contribution in [0.4, 0.5) is 0 Å². The molecule has 0 heterocycles. The van der Waals surface area contributed by atoms with Crippen molar-refractivity contribution in [3.8, 4) is 0 Å². The average Bonchev–Trinajstić information content (AvgIpc) is 3.15. The molecule has 0 aromatic heterocycles. The highest BCUT2D eigenvalue weighted by Crippen LogP contribution is 2.43. The largest absolute Gasteiger partial charge is 0.355 e. The van der Waals surface area contributed by atoms with Crippen molar-refractivity contribution in [2.24, 2.45) is 17.8 Å². The number of sulfonamides is 1. The van der Waals surface area contributed by atoms with Crippen molar-refractivity contribution in [1.29, 1.82) is 0 Å². The molecule has 5 nitrogen and oxygen atoms in total. The number of carbonyl (C=O) groups is 1. The minimum Gasteiger partial charge on any atom is -0.355 e. The van der Waals surface area contributed by atoms with Crippen LogP contribution in [-0.4, -0.2) is 27.4 Å². The highest BCUT2D eigenvalue weighted by Gasteiger charge is 2.39. The molecule has 2 aliphatic carbocycles. The summed E-state index contributed by atoms with van der Waals surface area (Å²) in [6.07, 6.45) is 6.34. The summed E-state index contributed by atoms with van der Waals surface area (Å²) >= 11 is 0. The third-order valence-electron chi connectivity index (χ3n) is 4.66. The molecule has 3 rings (SSSR count). The lowest BCUT2D eigenvalue weighted by Crippen LogP contribution is -2.38. The number of fused-ring (bicyclic) bond motifs is 2. The van der Waals surface area contributed by atoms with Crippen LogP contribution in [0.3, 0.4) is 0 Å². The van der Waals surface area contributed by atoms with Gasteiger partial charge in [-0.2, -0.15) is 0 Å². The maximum absolute atomic E-state index is 12.1. The monoisotopic (exact) mass is 334 g/mol. The van der Waals surface area contributed by atoms with Crippen molar-refractivity contribution >= 4 is 15.9 Å². The van der Waals surface area contributed by atoms with Crippen LogP contribution in [0.15, 0.2) is 41.3 Å². The fourth-order valence-corrected chi connectivity index (χ4v) is 4.42. The normalized spacial score (nSPS) is 25.7. The van der Waals surface area contributed by atoms with E-state index in [4.69, 9.17) is 0 Å². The van der Waals surface area contributed by atoms with Gasteiger partial charge < -0.3 is 5.32 Å². The summed E-state index contributed by atoms with van der Waals surface area (Å²) in [5.74, 6) is 1.01. The highest BCUT2D eigenvalue weighted by atomic mass is 32.2. The zero-order valence-electron chi connectivity index (χ0n) is 13.2. The lowest BCUT2D eigenvalue weighted by Gasteiger charge is -2.17. The molecule has 0 saturated heterocycles. The number of hydrogen-bond donors (Lipinski definition) is 2. The van der Waals surface area contributed by atoms with Crippen molar-refractivity contribution in [2.45, 2.75) is 24.7 Å². The predicted octanol–water partition coefficient (Wildman–Crippen LogP) is 1.60. The molecule has 124 valence electrons. The first-order valence-corrected chi connectivity index (χ1v) is 9.46. The molecule has 1 amide bonds. The Morgan fingerprint density at radius 1 is 1.13 bits per heavy atom. The van der Waals surface area contributed by atoms with Crippen LogP contribution < -0.4 is 10.0 Å². The second kappa shape index (κ2) is 6.45. The van der Waals surface area contributed by atoms with Crippen molar-refractivity contribution in [3.05, 3.63) is 42.0 Å². The van der Waals surface area contributed by atoms with E-state index in [0.717, 1.165) is 18.4 Å². The number of nitrogens with one attached hydrogen (secondary N) is 2. The van der Waals surface area contributed by atoms with E-state index < -0.39 is 10.0 Å². The van der Waals surface area contributed by atoms with E-state index in [0.29, 0.717) is 18.4 Å². The topological polar surface area (TPSA) is 75.3 Å². The SMILES string of the molecule is Cc1ccc(S(=O)(=O)NCCNC(=O)C2CC3C=CC2C3)cc1. The van der Waals surface area contributed by atoms with Crippen LogP contribution in [-0.2, 0) is 14.8 Å². The molecular weight excluding hydrogens is 312 g/mol. The number of carbonyl (C=O) groups excluding carboxylic acids is 1. The van der Waals surface area contributed by atoms with Crippen LogP contribution >= 0.6 is 0 Å². The van der Waals surface area contributed by atoms with E-state index >= 15 is 0 Å². The van der Waals surface area contributed by atoms with E-state index in [1.54, 1.807) is 24.3 Å². The van der Waals surface area contributed by atoms with Gasteiger partial charge in [-0.25, -0.2) is 13.1 Å². The van der Waals surface area contributed by atoms with Crippen LogP contribution in [0.25, 0.3) is 0 Å². The molecule has 1 saturated carbocycles. The van der Waals surface area contributed by atoms with Crippen LogP contribution in [0.5, 0.6) is 0 Å². The molecule has 1 aromatic carbocycles. The maximum Gasteiger partial charge on any atom is 0.240 e. The van der Waals surface area contributed by atoms with Gasteiger partial charge in [0.15, 0.2) is 0 Å². The Labute approximate surface area is 137 Å². The van der Waals surface area contributed by atoms with Crippen LogP contribution in [0, 0.1) is 24.7 Å². The third-order valence-corrected chi connectivity index (χ3v) is 6.14. The average molecular weight is 334 g/mol. The van der Waals surface area contributed by atoms with Gasteiger partial charge in [-0.1, -0.05) is 29.8 Å². The van der Waals surface area contributed by atoms with Crippen molar-refractivity contribution in [3.63, 3.8) is 0 Å². The molecule has 3 atom stereocenters. The van der Waals surface area contributed by atoms with Crippen LogP contribution in [0.1, 0.15) is 18.4 Å². The van der Waals surface area contributed by atoms with Gasteiger partial charge in [0.1, 0.15) is 0 Å². The molecule has 2 N–H and O–H groups in total. The molecule has 6 heteroatoms. The molecule has 0 radical (unpaired) electrons. The number of aryl methyl sites for hydroxylation is 1. The Morgan fingerprint density at radius 3 is 2.48 bits per heavy atom. The lowest BCUT2D eigenvalue weighted by atomic mass is 9.93. The summed E-state index contributed by atoms with van der Waals surface area (Å²) in [4.78, 5) is 12.4. The second-order valence-corrected chi connectivity index (χ2v) is 8.16. The lowest BCUT2D eigenvalue weighted by molar-refractivity contribution is -0.125. The predicted molar refractivity (Wildman–Crippen MR) is 88.2 cm³/mol. The fourth-order valence-electron chi connectivity index (χ4n) is 3.39.